The van der Waals surface area contributed by atoms with Crippen molar-refractivity contribution in [1.29, 1.82) is 0 Å². The third-order valence-corrected chi connectivity index (χ3v) is 6.70. The number of hydrogen-bond acceptors (Lipinski definition) is 6. The van der Waals surface area contributed by atoms with Gasteiger partial charge in [-0.25, -0.2) is 0 Å². The Kier molecular flexibility index (Phi) is 6.43. The molecule has 0 bridgehead atoms. The lowest BCUT2D eigenvalue weighted by molar-refractivity contribution is -0.384. The van der Waals surface area contributed by atoms with E-state index in [-0.39, 0.29) is 17.1 Å². The van der Waals surface area contributed by atoms with Gasteiger partial charge in [0.2, 0.25) is 0 Å². The van der Waals surface area contributed by atoms with Crippen LogP contribution in [0.4, 0.5) is 10.5 Å². The van der Waals surface area contributed by atoms with E-state index in [2.05, 4.69) is 15.9 Å². The van der Waals surface area contributed by atoms with E-state index in [0.717, 1.165) is 16.7 Å². The van der Waals surface area contributed by atoms with Crippen molar-refractivity contribution >= 4 is 73.8 Å². The minimum Gasteiger partial charge on any atom is -0.457 e. The zero-order chi connectivity index (χ0) is 23.0. The first-order valence-corrected chi connectivity index (χ1v) is 11.3. The molecule has 1 aromatic heterocycles. The van der Waals surface area contributed by atoms with Crippen LogP contribution >= 0.6 is 50.9 Å². The summed E-state index contributed by atoms with van der Waals surface area (Å²) in [6.45, 7) is 0.0250. The number of nitro groups is 1. The molecule has 0 atom stereocenters. The van der Waals surface area contributed by atoms with Crippen LogP contribution in [0, 0.1) is 10.1 Å². The number of nitrogens with zero attached hydrogens (tertiary/aromatic N) is 2. The van der Waals surface area contributed by atoms with Crippen LogP contribution in [0.1, 0.15) is 11.3 Å². The molecule has 0 unspecified atom stereocenters. The molecule has 2 amide bonds. The van der Waals surface area contributed by atoms with Crippen molar-refractivity contribution in [1.82, 2.24) is 4.90 Å². The number of hydrogen-bond donors (Lipinski definition) is 0. The summed E-state index contributed by atoms with van der Waals surface area (Å²) in [5, 5.41) is 11.3. The molecule has 7 nitrogen and oxygen atoms in total. The highest BCUT2D eigenvalue weighted by Crippen LogP contribution is 2.36. The van der Waals surface area contributed by atoms with Crippen molar-refractivity contribution in [2.24, 2.45) is 0 Å². The molecule has 1 fully saturated rings. The van der Waals surface area contributed by atoms with Crippen LogP contribution in [-0.4, -0.2) is 21.0 Å². The van der Waals surface area contributed by atoms with Gasteiger partial charge in [-0.05, 0) is 63.6 Å². The number of benzene rings is 2. The predicted octanol–water partition coefficient (Wildman–Crippen LogP) is 7.16. The van der Waals surface area contributed by atoms with Gasteiger partial charge in [0.1, 0.15) is 11.5 Å². The maximum atomic E-state index is 12.8. The maximum Gasteiger partial charge on any atom is 0.293 e. The summed E-state index contributed by atoms with van der Waals surface area (Å²) in [6.07, 6.45) is 1.48. The SMILES string of the molecule is O=C1S/C(=C\c2ccc(-c3ccc([N+](=O)[O-])cc3Br)o2)C(=O)N1Cc1ccc(Cl)cc1Cl. The van der Waals surface area contributed by atoms with E-state index in [0.29, 0.717) is 37.2 Å². The zero-order valence-corrected chi connectivity index (χ0v) is 19.8. The molecule has 3 aromatic rings. The molecule has 1 aliphatic heterocycles. The van der Waals surface area contributed by atoms with Crippen LogP contribution < -0.4 is 0 Å². The Balaban J connectivity index is 1.55. The molecule has 0 N–H and O–H groups in total. The Morgan fingerprint density at radius 1 is 1.12 bits per heavy atom. The van der Waals surface area contributed by atoms with Gasteiger partial charge < -0.3 is 4.42 Å². The van der Waals surface area contributed by atoms with Crippen molar-refractivity contribution in [3.05, 3.63) is 89.4 Å². The maximum absolute atomic E-state index is 12.8. The van der Waals surface area contributed by atoms with E-state index in [1.807, 2.05) is 0 Å². The van der Waals surface area contributed by atoms with Gasteiger partial charge in [0, 0.05) is 38.3 Å². The average molecular weight is 554 g/mol. The number of non-ortho nitro benzene ring substituents is 1. The second-order valence-electron chi connectivity index (χ2n) is 6.63. The van der Waals surface area contributed by atoms with Crippen LogP contribution in [0.3, 0.4) is 0 Å². The Morgan fingerprint density at radius 3 is 2.59 bits per heavy atom. The Labute approximate surface area is 204 Å². The monoisotopic (exact) mass is 552 g/mol. The minimum atomic E-state index is -0.491. The fraction of sp³-hybridized carbons (Fsp3) is 0.0476. The molecule has 0 radical (unpaired) electrons. The second kappa shape index (κ2) is 9.11. The number of carbonyl (C=O) groups is 2. The van der Waals surface area contributed by atoms with Gasteiger partial charge in [-0.3, -0.25) is 24.6 Å². The predicted molar refractivity (Wildman–Crippen MR) is 126 cm³/mol. The van der Waals surface area contributed by atoms with Crippen LogP contribution in [-0.2, 0) is 11.3 Å². The summed E-state index contributed by atoms with van der Waals surface area (Å²) in [5.74, 6) is 0.353. The van der Waals surface area contributed by atoms with Gasteiger partial charge in [-0.15, -0.1) is 0 Å². The molecule has 2 aromatic carbocycles. The smallest absolute Gasteiger partial charge is 0.293 e. The molecule has 0 aliphatic carbocycles. The summed E-state index contributed by atoms with van der Waals surface area (Å²) in [6, 6.07) is 12.5. The third-order valence-electron chi connectivity index (χ3n) is 4.55. The summed E-state index contributed by atoms with van der Waals surface area (Å²) in [4.78, 5) is 36.9. The second-order valence-corrected chi connectivity index (χ2v) is 9.32. The molecular weight excluding hydrogens is 543 g/mol. The van der Waals surface area contributed by atoms with E-state index >= 15 is 0 Å². The Hall–Kier alpha value is -2.59. The molecule has 1 aliphatic rings. The van der Waals surface area contributed by atoms with E-state index < -0.39 is 16.1 Å². The summed E-state index contributed by atoms with van der Waals surface area (Å²) in [7, 11) is 0. The average Bonchev–Trinajstić information content (AvgIpc) is 3.29. The van der Waals surface area contributed by atoms with Crippen LogP contribution in [0.2, 0.25) is 10.0 Å². The number of rotatable bonds is 5. The molecule has 4 rings (SSSR count). The number of halogens is 3. The van der Waals surface area contributed by atoms with E-state index in [1.165, 1.54) is 18.2 Å². The topological polar surface area (TPSA) is 93.7 Å². The number of nitro benzene ring substituents is 1. The number of carbonyl (C=O) groups excluding carboxylic acids is 2. The molecule has 0 saturated carbocycles. The molecule has 32 heavy (non-hydrogen) atoms. The first kappa shape index (κ1) is 22.6. The highest BCUT2D eigenvalue weighted by molar-refractivity contribution is 9.10. The van der Waals surface area contributed by atoms with Crippen molar-refractivity contribution in [3.8, 4) is 11.3 Å². The first-order chi connectivity index (χ1) is 15.2. The van der Waals surface area contributed by atoms with E-state index in [4.69, 9.17) is 27.6 Å². The number of imide groups is 1. The van der Waals surface area contributed by atoms with E-state index in [1.54, 1.807) is 36.4 Å². The van der Waals surface area contributed by atoms with Gasteiger partial charge in [-0.2, -0.15) is 0 Å². The normalized spacial score (nSPS) is 15.1. The zero-order valence-electron chi connectivity index (χ0n) is 15.9. The number of furan rings is 1. The fourth-order valence-electron chi connectivity index (χ4n) is 2.98. The van der Waals surface area contributed by atoms with Gasteiger partial charge in [0.05, 0.1) is 16.4 Å². The van der Waals surface area contributed by atoms with Crippen LogP contribution in [0.25, 0.3) is 17.4 Å². The van der Waals surface area contributed by atoms with Gasteiger partial charge >= 0.3 is 0 Å². The quantitative estimate of drug-likeness (QED) is 0.189. The lowest BCUT2D eigenvalue weighted by Crippen LogP contribution is -2.27. The Bertz CT molecular complexity index is 1310. The first-order valence-electron chi connectivity index (χ1n) is 8.96. The number of amides is 2. The lowest BCUT2D eigenvalue weighted by atomic mass is 10.1. The van der Waals surface area contributed by atoms with Crippen molar-refractivity contribution < 1.29 is 18.9 Å². The largest absolute Gasteiger partial charge is 0.457 e. The van der Waals surface area contributed by atoms with Crippen molar-refractivity contribution in [2.45, 2.75) is 6.54 Å². The fourth-order valence-corrected chi connectivity index (χ4v) is 4.83. The molecular formula is C21H11BrCl2N2O5S. The highest BCUT2D eigenvalue weighted by atomic mass is 79.9. The Morgan fingerprint density at radius 2 is 1.91 bits per heavy atom. The molecule has 11 heteroatoms. The van der Waals surface area contributed by atoms with Crippen LogP contribution in [0.5, 0.6) is 0 Å². The standard InChI is InChI=1S/C21H11BrCl2N2O5S/c22-16-8-13(26(29)30)3-5-15(16)18-6-4-14(31-18)9-19-20(27)25(21(28)32-19)10-11-1-2-12(23)7-17(11)24/h1-9H,10H2/b19-9-. The van der Waals surface area contributed by atoms with Gasteiger partial charge in [0.15, 0.2) is 0 Å². The lowest BCUT2D eigenvalue weighted by Gasteiger charge is -2.13. The summed E-state index contributed by atoms with van der Waals surface area (Å²) >= 11 is 16.2. The third kappa shape index (κ3) is 4.61. The van der Waals surface area contributed by atoms with Crippen LogP contribution in [0.15, 0.2) is 62.3 Å². The summed E-state index contributed by atoms with van der Waals surface area (Å²) in [5.41, 5.74) is 1.16. The minimum absolute atomic E-state index is 0.0250. The summed E-state index contributed by atoms with van der Waals surface area (Å²) < 4.78 is 6.27. The van der Waals surface area contributed by atoms with Gasteiger partial charge in [-0.1, -0.05) is 29.3 Å². The highest BCUT2D eigenvalue weighted by Gasteiger charge is 2.35. The van der Waals surface area contributed by atoms with Gasteiger partial charge in [0.25, 0.3) is 16.8 Å². The van der Waals surface area contributed by atoms with E-state index in [9.17, 15) is 19.7 Å². The molecule has 162 valence electrons. The van der Waals surface area contributed by atoms with Crippen molar-refractivity contribution in [3.63, 3.8) is 0 Å². The number of thioether (sulfide) groups is 1. The molecule has 2 heterocycles. The van der Waals surface area contributed by atoms with Crippen molar-refractivity contribution in [2.75, 3.05) is 0 Å². The molecule has 1 saturated heterocycles. The molecule has 0 spiro atoms.